The maximum Gasteiger partial charge on any atom is 0.410 e. The third kappa shape index (κ3) is 7.15. The van der Waals surface area contributed by atoms with Gasteiger partial charge in [0.25, 0.3) is 0 Å². The van der Waals surface area contributed by atoms with Crippen molar-refractivity contribution in [1.29, 1.82) is 0 Å². The Morgan fingerprint density at radius 3 is 2.52 bits per heavy atom. The SMILES string of the molecule is CC[C@@H](C=CC(=O)OC)NC(=O)[C@@H]1CCCCN1C(=O)OC(C)(C)C. The molecule has 1 N–H and O–H groups in total. The molecule has 1 aliphatic rings. The molecule has 0 radical (unpaired) electrons. The minimum absolute atomic E-state index is 0.230. The zero-order valence-corrected chi connectivity index (χ0v) is 15.8. The van der Waals surface area contributed by atoms with Gasteiger partial charge in [-0.2, -0.15) is 0 Å². The zero-order valence-electron chi connectivity index (χ0n) is 15.8. The summed E-state index contributed by atoms with van der Waals surface area (Å²) in [6, 6.07) is -0.849. The molecule has 1 saturated heterocycles. The molecule has 0 bridgehead atoms. The third-order valence-electron chi connectivity index (χ3n) is 3.87. The van der Waals surface area contributed by atoms with Crippen molar-refractivity contribution >= 4 is 18.0 Å². The van der Waals surface area contributed by atoms with Crippen molar-refractivity contribution in [2.24, 2.45) is 0 Å². The van der Waals surface area contributed by atoms with E-state index in [-0.39, 0.29) is 11.9 Å². The van der Waals surface area contributed by atoms with Crippen LogP contribution in [0.25, 0.3) is 0 Å². The number of nitrogens with one attached hydrogen (secondary N) is 1. The van der Waals surface area contributed by atoms with Crippen LogP contribution in [0.3, 0.4) is 0 Å². The van der Waals surface area contributed by atoms with E-state index in [9.17, 15) is 14.4 Å². The van der Waals surface area contributed by atoms with Gasteiger partial charge in [-0.3, -0.25) is 9.69 Å². The largest absolute Gasteiger partial charge is 0.466 e. The summed E-state index contributed by atoms with van der Waals surface area (Å²) >= 11 is 0. The van der Waals surface area contributed by atoms with E-state index in [1.165, 1.54) is 18.1 Å². The maximum atomic E-state index is 12.7. The molecule has 1 aliphatic heterocycles. The number of hydrogen-bond acceptors (Lipinski definition) is 5. The van der Waals surface area contributed by atoms with Crippen LogP contribution in [0.2, 0.25) is 0 Å². The molecule has 7 heteroatoms. The smallest absolute Gasteiger partial charge is 0.410 e. The van der Waals surface area contributed by atoms with E-state index in [4.69, 9.17) is 4.74 Å². The zero-order chi connectivity index (χ0) is 19.0. The predicted molar refractivity (Wildman–Crippen MR) is 94.0 cm³/mol. The van der Waals surface area contributed by atoms with Gasteiger partial charge in [-0.25, -0.2) is 9.59 Å². The quantitative estimate of drug-likeness (QED) is 0.605. The lowest BCUT2D eigenvalue weighted by molar-refractivity contribution is -0.135. The number of carbonyl (C=O) groups excluding carboxylic acids is 3. The first-order chi connectivity index (χ1) is 11.7. The molecule has 7 nitrogen and oxygen atoms in total. The molecule has 0 aromatic carbocycles. The number of methoxy groups -OCH3 is 1. The van der Waals surface area contributed by atoms with Gasteiger partial charge in [-0.05, 0) is 46.5 Å². The van der Waals surface area contributed by atoms with E-state index >= 15 is 0 Å². The van der Waals surface area contributed by atoms with Gasteiger partial charge in [0.05, 0.1) is 7.11 Å². The van der Waals surface area contributed by atoms with Crippen molar-refractivity contribution in [3.63, 3.8) is 0 Å². The van der Waals surface area contributed by atoms with Crippen LogP contribution in [0, 0.1) is 0 Å². The molecular formula is C18H30N2O5. The number of likely N-dealkylation sites (tertiary alicyclic amines) is 1. The van der Waals surface area contributed by atoms with Gasteiger partial charge in [0.2, 0.25) is 5.91 Å². The molecule has 1 heterocycles. The molecule has 0 aliphatic carbocycles. The van der Waals surface area contributed by atoms with Gasteiger partial charge in [0.15, 0.2) is 0 Å². The first-order valence-corrected chi connectivity index (χ1v) is 8.74. The minimum atomic E-state index is -0.606. The monoisotopic (exact) mass is 354 g/mol. The normalized spacial score (nSPS) is 19.4. The molecule has 0 saturated carbocycles. The summed E-state index contributed by atoms with van der Waals surface area (Å²) in [7, 11) is 1.30. The van der Waals surface area contributed by atoms with Gasteiger partial charge in [0, 0.05) is 18.7 Å². The summed E-state index contributed by atoms with van der Waals surface area (Å²) in [6.07, 6.45) is 5.38. The van der Waals surface area contributed by atoms with Crippen molar-refractivity contribution < 1.29 is 23.9 Å². The van der Waals surface area contributed by atoms with E-state index < -0.39 is 23.7 Å². The molecule has 0 unspecified atom stereocenters. The van der Waals surface area contributed by atoms with Gasteiger partial charge >= 0.3 is 12.1 Å². The molecule has 1 rings (SSSR count). The third-order valence-corrected chi connectivity index (χ3v) is 3.87. The van der Waals surface area contributed by atoms with Crippen molar-refractivity contribution in [2.75, 3.05) is 13.7 Å². The molecule has 25 heavy (non-hydrogen) atoms. The van der Waals surface area contributed by atoms with Crippen molar-refractivity contribution in [3.8, 4) is 0 Å². The standard InChI is InChI=1S/C18H30N2O5/c1-6-13(10-11-15(21)24-5)19-16(22)14-9-7-8-12-20(14)17(23)25-18(2,3)4/h10-11,13-14H,6-9,12H2,1-5H3,(H,19,22)/t13-,14-/m0/s1. The molecule has 0 aromatic rings. The molecule has 2 amide bonds. The van der Waals surface area contributed by atoms with Gasteiger partial charge in [-0.1, -0.05) is 13.0 Å². The van der Waals surface area contributed by atoms with Crippen LogP contribution in [-0.2, 0) is 19.1 Å². The number of piperidine rings is 1. The molecule has 2 atom stereocenters. The summed E-state index contributed by atoms with van der Waals surface area (Å²) < 4.78 is 9.97. The average molecular weight is 354 g/mol. The Morgan fingerprint density at radius 2 is 1.96 bits per heavy atom. The highest BCUT2D eigenvalue weighted by Crippen LogP contribution is 2.21. The molecule has 1 fully saturated rings. The van der Waals surface area contributed by atoms with Crippen LogP contribution in [0.1, 0.15) is 53.4 Å². The topological polar surface area (TPSA) is 84.9 Å². The van der Waals surface area contributed by atoms with Gasteiger partial charge in [-0.15, -0.1) is 0 Å². The number of hydrogen-bond donors (Lipinski definition) is 1. The Hall–Kier alpha value is -2.05. The summed E-state index contributed by atoms with van der Waals surface area (Å²) in [4.78, 5) is 37.7. The average Bonchev–Trinajstić information content (AvgIpc) is 2.56. The van der Waals surface area contributed by atoms with E-state index in [0.29, 0.717) is 19.4 Å². The fourth-order valence-corrected chi connectivity index (χ4v) is 2.57. The van der Waals surface area contributed by atoms with Crippen LogP contribution in [0.4, 0.5) is 4.79 Å². The molecule has 0 spiro atoms. The van der Waals surface area contributed by atoms with Crippen LogP contribution in [0.15, 0.2) is 12.2 Å². The lowest BCUT2D eigenvalue weighted by Crippen LogP contribution is -2.54. The van der Waals surface area contributed by atoms with E-state index in [0.717, 1.165) is 12.8 Å². The molecule has 142 valence electrons. The highest BCUT2D eigenvalue weighted by atomic mass is 16.6. The lowest BCUT2D eigenvalue weighted by Gasteiger charge is -2.36. The Morgan fingerprint density at radius 1 is 1.28 bits per heavy atom. The summed E-state index contributed by atoms with van der Waals surface area (Å²) in [5, 5.41) is 2.88. The molecule has 0 aromatic heterocycles. The van der Waals surface area contributed by atoms with Crippen molar-refractivity contribution in [1.82, 2.24) is 10.2 Å². The van der Waals surface area contributed by atoms with Crippen LogP contribution >= 0.6 is 0 Å². The van der Waals surface area contributed by atoms with E-state index in [1.54, 1.807) is 26.8 Å². The van der Waals surface area contributed by atoms with Crippen molar-refractivity contribution in [3.05, 3.63) is 12.2 Å². The van der Waals surface area contributed by atoms with Crippen LogP contribution in [-0.4, -0.2) is 54.2 Å². The number of ether oxygens (including phenoxy) is 2. The van der Waals surface area contributed by atoms with Crippen LogP contribution in [0.5, 0.6) is 0 Å². The fourth-order valence-electron chi connectivity index (χ4n) is 2.57. The molecular weight excluding hydrogens is 324 g/mol. The number of esters is 1. The fraction of sp³-hybridized carbons (Fsp3) is 0.722. The maximum absolute atomic E-state index is 12.7. The Labute approximate surface area is 149 Å². The number of amides is 2. The Bertz CT molecular complexity index is 510. The summed E-state index contributed by atoms with van der Waals surface area (Å²) in [5.74, 6) is -0.701. The van der Waals surface area contributed by atoms with E-state index in [1.807, 2.05) is 6.92 Å². The first-order valence-electron chi connectivity index (χ1n) is 8.74. The summed E-state index contributed by atoms with van der Waals surface area (Å²) in [5.41, 5.74) is -0.606. The summed E-state index contributed by atoms with van der Waals surface area (Å²) in [6.45, 7) is 7.80. The lowest BCUT2D eigenvalue weighted by atomic mass is 10.0. The number of carbonyl (C=O) groups is 3. The minimum Gasteiger partial charge on any atom is -0.466 e. The number of nitrogens with zero attached hydrogens (tertiary/aromatic N) is 1. The van der Waals surface area contributed by atoms with Crippen LogP contribution < -0.4 is 5.32 Å². The number of rotatable bonds is 5. The van der Waals surface area contributed by atoms with Gasteiger partial charge < -0.3 is 14.8 Å². The first kappa shape index (κ1) is 21.0. The predicted octanol–water partition coefficient (Wildman–Crippen LogP) is 2.40. The highest BCUT2D eigenvalue weighted by Gasteiger charge is 2.35. The second-order valence-corrected chi connectivity index (χ2v) is 7.09. The van der Waals surface area contributed by atoms with E-state index in [2.05, 4.69) is 10.1 Å². The Balaban J connectivity index is 2.76. The second kappa shape index (κ2) is 9.44. The van der Waals surface area contributed by atoms with Crippen molar-refractivity contribution in [2.45, 2.75) is 71.1 Å². The highest BCUT2D eigenvalue weighted by molar-refractivity contribution is 5.86. The Kier molecular flexibility index (Phi) is 7.93. The van der Waals surface area contributed by atoms with Gasteiger partial charge in [0.1, 0.15) is 11.6 Å². The second-order valence-electron chi connectivity index (χ2n) is 7.09.